The molecule has 2 aromatic rings. The van der Waals surface area contributed by atoms with E-state index in [1.807, 2.05) is 0 Å². The van der Waals surface area contributed by atoms with Crippen molar-refractivity contribution in [1.82, 2.24) is 10.2 Å². The lowest BCUT2D eigenvalue weighted by Gasteiger charge is -2.13. The lowest BCUT2D eigenvalue weighted by atomic mass is 9.97. The van der Waals surface area contributed by atoms with Gasteiger partial charge in [0.05, 0.1) is 12.1 Å². The van der Waals surface area contributed by atoms with Crippen molar-refractivity contribution in [2.75, 3.05) is 24.3 Å². The molecule has 0 atom stereocenters. The van der Waals surface area contributed by atoms with Crippen LogP contribution >= 0.6 is 11.6 Å². The minimum Gasteiger partial charge on any atom is -0.495 e. The summed E-state index contributed by atoms with van der Waals surface area (Å²) in [6.45, 7) is 0.816. The first-order valence-corrected chi connectivity index (χ1v) is 9.44. The van der Waals surface area contributed by atoms with Crippen LogP contribution in [0.3, 0.4) is 0 Å². The third kappa shape index (κ3) is 5.44. The molecule has 0 fully saturated rings. The van der Waals surface area contributed by atoms with Crippen molar-refractivity contribution < 1.29 is 9.53 Å². The number of carbonyl (C=O) groups is 1. The third-order valence-electron chi connectivity index (χ3n) is 4.44. The smallest absolute Gasteiger partial charge is 0.276 e. The lowest BCUT2D eigenvalue weighted by Crippen LogP contribution is -2.15. The van der Waals surface area contributed by atoms with Crippen molar-refractivity contribution in [1.29, 1.82) is 0 Å². The van der Waals surface area contributed by atoms with Crippen LogP contribution in [-0.2, 0) is 0 Å². The number of hydrogen-bond donors (Lipinski definition) is 2. The average molecular weight is 387 g/mol. The monoisotopic (exact) mass is 386 g/mol. The molecule has 7 heteroatoms. The molecule has 3 rings (SSSR count). The molecule has 1 heterocycles. The molecule has 0 spiro atoms. The van der Waals surface area contributed by atoms with Gasteiger partial charge in [0.2, 0.25) is 0 Å². The zero-order valence-corrected chi connectivity index (χ0v) is 16.1. The summed E-state index contributed by atoms with van der Waals surface area (Å²) in [7, 11) is 1.54. The van der Waals surface area contributed by atoms with Gasteiger partial charge in [0.25, 0.3) is 5.91 Å². The maximum absolute atomic E-state index is 12.3. The fourth-order valence-corrected chi connectivity index (χ4v) is 3.23. The number of amides is 1. The van der Waals surface area contributed by atoms with Crippen molar-refractivity contribution in [3.8, 4) is 5.75 Å². The van der Waals surface area contributed by atoms with Crippen LogP contribution in [-0.4, -0.2) is 29.8 Å². The first kappa shape index (κ1) is 19.2. The van der Waals surface area contributed by atoms with Crippen LogP contribution < -0.4 is 15.4 Å². The number of benzene rings is 1. The summed E-state index contributed by atoms with van der Waals surface area (Å²) in [4.78, 5) is 12.3. The summed E-state index contributed by atoms with van der Waals surface area (Å²) in [5, 5.41) is 14.5. The van der Waals surface area contributed by atoms with Crippen LogP contribution in [0.4, 0.5) is 11.5 Å². The van der Waals surface area contributed by atoms with Crippen molar-refractivity contribution in [3.63, 3.8) is 0 Å². The van der Waals surface area contributed by atoms with Gasteiger partial charge in [0.1, 0.15) is 11.6 Å². The van der Waals surface area contributed by atoms with Crippen LogP contribution in [0.1, 0.15) is 42.6 Å². The van der Waals surface area contributed by atoms with E-state index in [-0.39, 0.29) is 11.6 Å². The number of carbonyl (C=O) groups excluding carboxylic acids is 1. The molecule has 0 saturated heterocycles. The second-order valence-corrected chi connectivity index (χ2v) is 6.80. The van der Waals surface area contributed by atoms with Crippen LogP contribution in [0.25, 0.3) is 0 Å². The lowest BCUT2D eigenvalue weighted by molar-refractivity contribution is 0.102. The number of aromatic nitrogens is 2. The highest BCUT2D eigenvalue weighted by Gasteiger charge is 2.10. The SMILES string of the molecule is COc1ccc(NC(=O)c2ccc(NCCC3=CCCCC3)nn2)cc1Cl. The number of halogens is 1. The zero-order valence-electron chi connectivity index (χ0n) is 15.3. The number of nitrogens with one attached hydrogen (secondary N) is 2. The number of hydrogen-bond acceptors (Lipinski definition) is 5. The maximum Gasteiger partial charge on any atom is 0.276 e. The summed E-state index contributed by atoms with van der Waals surface area (Å²) in [5.41, 5.74) is 2.31. The predicted octanol–water partition coefficient (Wildman–Crippen LogP) is 4.69. The van der Waals surface area contributed by atoms with Gasteiger partial charge >= 0.3 is 0 Å². The van der Waals surface area contributed by atoms with Crippen LogP contribution in [0, 0.1) is 0 Å². The number of methoxy groups -OCH3 is 1. The summed E-state index contributed by atoms with van der Waals surface area (Å²) >= 11 is 6.07. The molecule has 0 aliphatic heterocycles. The number of anilines is 2. The van der Waals surface area contributed by atoms with E-state index in [0.717, 1.165) is 13.0 Å². The Bertz CT molecular complexity index is 821. The van der Waals surface area contributed by atoms with Gasteiger partial charge in [-0.05, 0) is 62.4 Å². The van der Waals surface area contributed by atoms with E-state index in [2.05, 4.69) is 26.9 Å². The highest BCUT2D eigenvalue weighted by Crippen LogP contribution is 2.27. The van der Waals surface area contributed by atoms with Crippen molar-refractivity contribution in [2.24, 2.45) is 0 Å². The van der Waals surface area contributed by atoms with E-state index < -0.39 is 0 Å². The second kappa shape index (κ2) is 9.37. The van der Waals surface area contributed by atoms with Crippen LogP contribution in [0.15, 0.2) is 42.0 Å². The Kier molecular flexibility index (Phi) is 6.65. The van der Waals surface area contributed by atoms with E-state index in [0.29, 0.717) is 22.3 Å². The van der Waals surface area contributed by atoms with Crippen LogP contribution in [0.2, 0.25) is 5.02 Å². The zero-order chi connectivity index (χ0) is 19.1. The van der Waals surface area contributed by atoms with E-state index in [4.69, 9.17) is 16.3 Å². The fraction of sp³-hybridized carbons (Fsp3) is 0.350. The topological polar surface area (TPSA) is 76.1 Å². The van der Waals surface area contributed by atoms with Gasteiger partial charge in [-0.2, -0.15) is 0 Å². The molecule has 1 amide bonds. The Balaban J connectivity index is 1.52. The molecular formula is C20H23ClN4O2. The summed E-state index contributed by atoms with van der Waals surface area (Å²) < 4.78 is 5.10. The summed E-state index contributed by atoms with van der Waals surface area (Å²) in [6, 6.07) is 8.44. The predicted molar refractivity (Wildman–Crippen MR) is 108 cm³/mol. The number of rotatable bonds is 7. The standard InChI is InChI=1S/C20H23ClN4O2/c1-27-18-9-7-15(13-16(18)21)23-20(26)17-8-10-19(25-24-17)22-12-11-14-5-3-2-4-6-14/h5,7-10,13H,2-4,6,11-12H2,1H3,(H,22,25)(H,23,26). The largest absolute Gasteiger partial charge is 0.495 e. The van der Waals surface area contributed by atoms with Gasteiger partial charge in [-0.25, -0.2) is 0 Å². The van der Waals surface area contributed by atoms with Gasteiger partial charge in [-0.1, -0.05) is 23.3 Å². The minimum atomic E-state index is -0.345. The van der Waals surface area contributed by atoms with E-state index >= 15 is 0 Å². The van der Waals surface area contributed by atoms with Gasteiger partial charge < -0.3 is 15.4 Å². The molecule has 0 bridgehead atoms. The van der Waals surface area contributed by atoms with Crippen molar-refractivity contribution in [3.05, 3.63) is 52.7 Å². The Morgan fingerprint density at radius 1 is 1.22 bits per heavy atom. The molecule has 2 N–H and O–H groups in total. The Labute approximate surface area is 164 Å². The summed E-state index contributed by atoms with van der Waals surface area (Å²) in [6.07, 6.45) is 8.33. The first-order valence-electron chi connectivity index (χ1n) is 9.06. The molecule has 0 radical (unpaired) electrons. The van der Waals surface area contributed by atoms with Gasteiger partial charge in [-0.15, -0.1) is 10.2 Å². The Morgan fingerprint density at radius 3 is 2.78 bits per heavy atom. The third-order valence-corrected chi connectivity index (χ3v) is 4.74. The molecule has 1 aliphatic rings. The van der Waals surface area contributed by atoms with E-state index in [1.165, 1.54) is 38.4 Å². The normalized spacial score (nSPS) is 13.6. The Morgan fingerprint density at radius 2 is 2.11 bits per heavy atom. The molecular weight excluding hydrogens is 364 g/mol. The van der Waals surface area contributed by atoms with Crippen molar-refractivity contribution in [2.45, 2.75) is 32.1 Å². The van der Waals surface area contributed by atoms with E-state index in [9.17, 15) is 4.79 Å². The highest BCUT2D eigenvalue weighted by molar-refractivity contribution is 6.32. The van der Waals surface area contributed by atoms with Gasteiger partial charge in [0.15, 0.2) is 5.69 Å². The van der Waals surface area contributed by atoms with Gasteiger partial charge in [-0.3, -0.25) is 4.79 Å². The Hall–Kier alpha value is -2.60. The van der Waals surface area contributed by atoms with E-state index in [1.54, 1.807) is 30.3 Å². The highest BCUT2D eigenvalue weighted by atomic mass is 35.5. The number of allylic oxidation sites excluding steroid dienone is 1. The molecule has 1 aliphatic carbocycles. The first-order chi connectivity index (χ1) is 13.2. The van der Waals surface area contributed by atoms with Crippen LogP contribution in [0.5, 0.6) is 5.75 Å². The fourth-order valence-electron chi connectivity index (χ4n) is 2.97. The summed E-state index contributed by atoms with van der Waals surface area (Å²) in [5.74, 6) is 0.868. The molecule has 6 nitrogen and oxygen atoms in total. The molecule has 142 valence electrons. The number of ether oxygens (including phenoxy) is 1. The molecule has 0 unspecified atom stereocenters. The molecule has 27 heavy (non-hydrogen) atoms. The quantitative estimate of drug-likeness (QED) is 0.675. The molecule has 0 saturated carbocycles. The number of nitrogens with zero attached hydrogens (tertiary/aromatic N) is 2. The molecule has 1 aromatic heterocycles. The maximum atomic E-state index is 12.3. The molecule has 1 aromatic carbocycles. The van der Waals surface area contributed by atoms with Crippen molar-refractivity contribution >= 4 is 29.0 Å². The van der Waals surface area contributed by atoms with Gasteiger partial charge in [0, 0.05) is 12.2 Å². The second-order valence-electron chi connectivity index (χ2n) is 6.39. The average Bonchev–Trinajstić information content (AvgIpc) is 2.69. The minimum absolute atomic E-state index is 0.238.